The van der Waals surface area contributed by atoms with Crippen LogP contribution < -0.4 is 11.1 Å². The number of carbonyl (C=O) groups is 3. The van der Waals surface area contributed by atoms with E-state index in [-0.39, 0.29) is 41.6 Å². The number of amides is 3. The Hall–Kier alpha value is -2.41. The molecule has 2 aliphatic heterocycles. The number of hydrogen-bond acceptors (Lipinski definition) is 4. The summed E-state index contributed by atoms with van der Waals surface area (Å²) < 4.78 is 0. The van der Waals surface area contributed by atoms with E-state index in [0.717, 1.165) is 44.3 Å². The van der Waals surface area contributed by atoms with E-state index in [1.54, 1.807) is 0 Å². The fourth-order valence-electron chi connectivity index (χ4n) is 4.93. The lowest BCUT2D eigenvalue weighted by Crippen LogP contribution is -2.51. The molecule has 0 aliphatic carbocycles. The maximum absolute atomic E-state index is 13.0. The van der Waals surface area contributed by atoms with Crippen LogP contribution in [0.4, 0.5) is 0 Å². The van der Waals surface area contributed by atoms with Crippen molar-refractivity contribution in [2.75, 3.05) is 26.2 Å². The van der Waals surface area contributed by atoms with Crippen molar-refractivity contribution in [1.29, 1.82) is 0 Å². The molecule has 0 saturated carbocycles. The van der Waals surface area contributed by atoms with Crippen molar-refractivity contribution in [3.05, 3.63) is 35.9 Å². The Bertz CT molecular complexity index is 769. The molecule has 0 radical (unpaired) electrons. The zero-order valence-electron chi connectivity index (χ0n) is 19.5. The fraction of sp³-hybridized carbons (Fsp3) is 0.640. The van der Waals surface area contributed by atoms with Crippen LogP contribution >= 0.6 is 0 Å². The molecule has 0 aromatic heterocycles. The number of piperidine rings is 2. The van der Waals surface area contributed by atoms with Gasteiger partial charge in [-0.25, -0.2) is 0 Å². The number of rotatable bonds is 8. The molecule has 2 fully saturated rings. The highest BCUT2D eigenvalue weighted by Gasteiger charge is 2.34. The predicted octanol–water partition coefficient (Wildman–Crippen LogP) is 2.47. The van der Waals surface area contributed by atoms with Crippen molar-refractivity contribution >= 4 is 17.7 Å². The van der Waals surface area contributed by atoms with Crippen molar-refractivity contribution in [3.63, 3.8) is 0 Å². The van der Waals surface area contributed by atoms with Gasteiger partial charge >= 0.3 is 0 Å². The minimum Gasteiger partial charge on any atom is -0.369 e. The molecule has 2 aliphatic rings. The van der Waals surface area contributed by atoms with Gasteiger partial charge in [0.15, 0.2) is 0 Å². The molecule has 32 heavy (non-hydrogen) atoms. The van der Waals surface area contributed by atoms with Gasteiger partial charge in [-0.3, -0.25) is 19.3 Å². The van der Waals surface area contributed by atoms with Crippen LogP contribution in [0.3, 0.4) is 0 Å². The van der Waals surface area contributed by atoms with Crippen molar-refractivity contribution in [3.8, 4) is 0 Å². The average Bonchev–Trinajstić information content (AvgIpc) is 2.83. The second-order valence-corrected chi connectivity index (χ2v) is 9.25. The number of nitrogens with zero attached hydrogens (tertiary/aromatic N) is 2. The third-order valence-corrected chi connectivity index (χ3v) is 7.11. The number of nitrogens with one attached hydrogen (secondary N) is 1. The Balaban J connectivity index is 1.48. The normalized spacial score (nSPS) is 20.5. The van der Waals surface area contributed by atoms with Crippen LogP contribution in [0, 0.1) is 11.8 Å². The highest BCUT2D eigenvalue weighted by molar-refractivity contribution is 5.82. The van der Waals surface area contributed by atoms with E-state index in [9.17, 15) is 14.4 Å². The molecular weight excluding hydrogens is 404 g/mol. The Kier molecular flexibility index (Phi) is 8.67. The van der Waals surface area contributed by atoms with Gasteiger partial charge in [-0.2, -0.15) is 0 Å². The molecule has 0 unspecified atom stereocenters. The molecule has 3 amide bonds. The van der Waals surface area contributed by atoms with Gasteiger partial charge < -0.3 is 16.0 Å². The average molecular weight is 443 g/mol. The van der Waals surface area contributed by atoms with Crippen LogP contribution in [0.5, 0.6) is 0 Å². The van der Waals surface area contributed by atoms with E-state index in [1.807, 2.05) is 30.0 Å². The summed E-state index contributed by atoms with van der Waals surface area (Å²) in [5.41, 5.74) is 6.54. The van der Waals surface area contributed by atoms with Gasteiger partial charge in [0.1, 0.15) is 0 Å². The van der Waals surface area contributed by atoms with Crippen LogP contribution in [0.25, 0.3) is 0 Å². The topological polar surface area (TPSA) is 95.7 Å². The largest absolute Gasteiger partial charge is 0.369 e. The zero-order valence-corrected chi connectivity index (χ0v) is 19.5. The SMILES string of the molecule is CCC[C@@H](NC(=O)[C@@H](C)N1CCC(C(=O)N2CCC(C(N)=O)CC2)CC1)c1ccccc1. The number of benzene rings is 1. The standard InChI is InChI=1S/C25H38N4O3/c1-3-7-22(19-8-5-4-6-9-19)27-24(31)18(2)28-14-12-21(13-15-28)25(32)29-16-10-20(11-17-29)23(26)30/h4-6,8-9,18,20-22H,3,7,10-17H2,1-2H3,(H2,26,30)(H,27,31)/t18-,22-/m1/s1. The maximum atomic E-state index is 13.0. The van der Waals surface area contributed by atoms with Crippen molar-refractivity contribution in [1.82, 2.24) is 15.1 Å². The lowest BCUT2D eigenvalue weighted by atomic mass is 9.91. The Morgan fingerprint density at radius 1 is 1.00 bits per heavy atom. The number of carbonyl (C=O) groups excluding carboxylic acids is 3. The molecule has 7 nitrogen and oxygen atoms in total. The predicted molar refractivity (Wildman–Crippen MR) is 124 cm³/mol. The first-order valence-electron chi connectivity index (χ1n) is 12.1. The molecule has 2 heterocycles. The Labute approximate surface area is 191 Å². The molecule has 2 atom stereocenters. The molecule has 7 heteroatoms. The lowest BCUT2D eigenvalue weighted by Gasteiger charge is -2.38. The number of likely N-dealkylation sites (tertiary alicyclic amines) is 2. The van der Waals surface area contributed by atoms with Crippen molar-refractivity contribution in [2.24, 2.45) is 17.6 Å². The third kappa shape index (κ3) is 6.09. The summed E-state index contributed by atoms with van der Waals surface area (Å²) in [5.74, 6) is -0.120. The van der Waals surface area contributed by atoms with Crippen molar-refractivity contribution in [2.45, 2.75) is 64.5 Å². The second kappa shape index (κ2) is 11.5. The first-order valence-corrected chi connectivity index (χ1v) is 12.1. The first-order chi connectivity index (χ1) is 15.4. The molecule has 1 aromatic carbocycles. The van der Waals surface area contributed by atoms with Gasteiger partial charge in [0.2, 0.25) is 17.7 Å². The van der Waals surface area contributed by atoms with Gasteiger partial charge in [-0.15, -0.1) is 0 Å². The van der Waals surface area contributed by atoms with E-state index in [0.29, 0.717) is 25.9 Å². The summed E-state index contributed by atoms with van der Waals surface area (Å²) in [4.78, 5) is 41.3. The van der Waals surface area contributed by atoms with Gasteiger partial charge in [0, 0.05) is 24.9 Å². The van der Waals surface area contributed by atoms with E-state index < -0.39 is 0 Å². The summed E-state index contributed by atoms with van der Waals surface area (Å²) in [6.07, 6.45) is 4.77. The van der Waals surface area contributed by atoms with Gasteiger partial charge in [-0.05, 0) is 57.7 Å². The van der Waals surface area contributed by atoms with Crippen molar-refractivity contribution < 1.29 is 14.4 Å². The van der Waals surface area contributed by atoms with Crippen LogP contribution in [-0.4, -0.2) is 59.7 Å². The first kappa shape index (κ1) is 24.2. The van der Waals surface area contributed by atoms with E-state index in [2.05, 4.69) is 29.3 Å². The maximum Gasteiger partial charge on any atom is 0.237 e. The van der Waals surface area contributed by atoms with Crippen LogP contribution in [0.2, 0.25) is 0 Å². The molecule has 1 aromatic rings. The number of nitrogens with two attached hydrogens (primary N) is 1. The van der Waals surface area contributed by atoms with E-state index in [1.165, 1.54) is 0 Å². The van der Waals surface area contributed by atoms with Crippen LogP contribution in [0.15, 0.2) is 30.3 Å². The van der Waals surface area contributed by atoms with Gasteiger partial charge in [-0.1, -0.05) is 43.7 Å². The summed E-state index contributed by atoms with van der Waals surface area (Å²) in [7, 11) is 0. The number of primary amides is 1. The number of hydrogen-bond donors (Lipinski definition) is 2. The Morgan fingerprint density at radius 2 is 1.59 bits per heavy atom. The Morgan fingerprint density at radius 3 is 2.16 bits per heavy atom. The highest BCUT2D eigenvalue weighted by Crippen LogP contribution is 2.25. The molecule has 2 saturated heterocycles. The zero-order chi connectivity index (χ0) is 23.1. The quantitative estimate of drug-likeness (QED) is 0.646. The molecule has 0 bridgehead atoms. The molecule has 0 spiro atoms. The molecule has 3 N–H and O–H groups in total. The third-order valence-electron chi connectivity index (χ3n) is 7.11. The van der Waals surface area contributed by atoms with Crippen LogP contribution in [-0.2, 0) is 14.4 Å². The summed E-state index contributed by atoms with van der Waals surface area (Å²) in [5, 5.41) is 3.24. The van der Waals surface area contributed by atoms with Gasteiger partial charge in [0.05, 0.1) is 12.1 Å². The van der Waals surface area contributed by atoms with Gasteiger partial charge in [0.25, 0.3) is 0 Å². The fourth-order valence-corrected chi connectivity index (χ4v) is 4.93. The molecule has 176 valence electrons. The minimum absolute atomic E-state index is 0.00352. The molecule has 3 rings (SSSR count). The smallest absolute Gasteiger partial charge is 0.237 e. The minimum atomic E-state index is -0.258. The second-order valence-electron chi connectivity index (χ2n) is 9.25. The van der Waals surface area contributed by atoms with Crippen LogP contribution in [0.1, 0.15) is 64.0 Å². The summed E-state index contributed by atoms with van der Waals surface area (Å²) >= 11 is 0. The summed E-state index contributed by atoms with van der Waals surface area (Å²) in [6, 6.07) is 9.93. The summed E-state index contributed by atoms with van der Waals surface area (Å²) in [6.45, 7) is 6.80. The monoisotopic (exact) mass is 442 g/mol. The van der Waals surface area contributed by atoms with E-state index >= 15 is 0 Å². The molecular formula is C25H38N4O3. The highest BCUT2D eigenvalue weighted by atomic mass is 16.2. The lowest BCUT2D eigenvalue weighted by molar-refractivity contribution is -0.140. The van der Waals surface area contributed by atoms with E-state index in [4.69, 9.17) is 5.73 Å².